The maximum absolute atomic E-state index is 12.4. The zero-order valence-corrected chi connectivity index (χ0v) is 12.3. The number of carboxylic acids is 1. The van der Waals surface area contributed by atoms with Crippen LogP contribution in [0.3, 0.4) is 0 Å². The van der Waals surface area contributed by atoms with E-state index in [1.807, 2.05) is 6.07 Å². The first kappa shape index (κ1) is 13.9. The third-order valence-electron chi connectivity index (χ3n) is 4.54. The molecule has 1 aliphatic carbocycles. The molecule has 1 fully saturated rings. The van der Waals surface area contributed by atoms with E-state index in [1.54, 1.807) is 17.0 Å². The number of nitrogens with one attached hydrogen (secondary N) is 1. The number of carbonyl (C=O) groups is 2. The SMILES string of the molecule is CC1(C)CC1NC(=O)N1CCCc2c(C(=O)O)cccc21. The van der Waals surface area contributed by atoms with Gasteiger partial charge in [0.25, 0.3) is 0 Å². The first-order valence-electron chi connectivity index (χ1n) is 7.33. The quantitative estimate of drug-likeness (QED) is 0.879. The van der Waals surface area contributed by atoms with Gasteiger partial charge in [0.05, 0.1) is 5.56 Å². The second kappa shape index (κ2) is 4.76. The first-order valence-corrected chi connectivity index (χ1v) is 7.33. The first-order chi connectivity index (χ1) is 9.90. The van der Waals surface area contributed by atoms with E-state index in [-0.39, 0.29) is 17.5 Å². The van der Waals surface area contributed by atoms with E-state index in [0.29, 0.717) is 18.5 Å². The number of amides is 2. The number of carbonyl (C=O) groups excluding carboxylic acids is 1. The van der Waals surface area contributed by atoms with Crippen LogP contribution in [0.4, 0.5) is 10.5 Å². The summed E-state index contributed by atoms with van der Waals surface area (Å²) in [4.78, 5) is 25.4. The molecule has 1 aliphatic heterocycles. The van der Waals surface area contributed by atoms with Crippen molar-refractivity contribution in [3.05, 3.63) is 29.3 Å². The molecule has 5 nitrogen and oxygen atoms in total. The minimum Gasteiger partial charge on any atom is -0.478 e. The Morgan fingerprint density at radius 3 is 2.71 bits per heavy atom. The fourth-order valence-corrected chi connectivity index (χ4v) is 2.98. The average molecular weight is 288 g/mol. The van der Waals surface area contributed by atoms with Crippen molar-refractivity contribution in [2.75, 3.05) is 11.4 Å². The van der Waals surface area contributed by atoms with Crippen molar-refractivity contribution in [3.63, 3.8) is 0 Å². The van der Waals surface area contributed by atoms with Gasteiger partial charge in [0.15, 0.2) is 0 Å². The molecular weight excluding hydrogens is 268 g/mol. The van der Waals surface area contributed by atoms with E-state index in [2.05, 4.69) is 19.2 Å². The molecule has 1 atom stereocenters. The van der Waals surface area contributed by atoms with Crippen LogP contribution in [0.1, 0.15) is 42.6 Å². The highest BCUT2D eigenvalue weighted by Gasteiger charge is 2.47. The monoisotopic (exact) mass is 288 g/mol. The van der Waals surface area contributed by atoms with Gasteiger partial charge in [-0.25, -0.2) is 9.59 Å². The molecule has 1 heterocycles. The fraction of sp³-hybridized carbons (Fsp3) is 0.500. The molecule has 1 unspecified atom stereocenters. The number of benzene rings is 1. The minimum atomic E-state index is -0.933. The standard InChI is InChI=1S/C16H20N2O3/c1-16(2)9-13(16)17-15(21)18-8-4-6-10-11(14(19)20)5-3-7-12(10)18/h3,5,7,13H,4,6,8-9H2,1-2H3,(H,17,21)(H,19,20). The van der Waals surface area contributed by atoms with E-state index in [1.165, 1.54) is 0 Å². The van der Waals surface area contributed by atoms with Crippen LogP contribution in [0.5, 0.6) is 0 Å². The Morgan fingerprint density at radius 1 is 1.38 bits per heavy atom. The lowest BCUT2D eigenvalue weighted by atomic mass is 9.96. The van der Waals surface area contributed by atoms with E-state index >= 15 is 0 Å². The van der Waals surface area contributed by atoms with Gasteiger partial charge in [0.1, 0.15) is 0 Å². The van der Waals surface area contributed by atoms with Crippen molar-refractivity contribution in [1.82, 2.24) is 5.32 Å². The second-order valence-corrected chi connectivity index (χ2v) is 6.56. The predicted octanol–water partition coefficient (Wildman–Crippen LogP) is 2.65. The topological polar surface area (TPSA) is 69.6 Å². The van der Waals surface area contributed by atoms with Crippen LogP contribution in [0.15, 0.2) is 18.2 Å². The van der Waals surface area contributed by atoms with Crippen LogP contribution in [-0.4, -0.2) is 29.7 Å². The molecule has 2 amide bonds. The third kappa shape index (κ3) is 2.48. The molecule has 0 bridgehead atoms. The summed E-state index contributed by atoms with van der Waals surface area (Å²) in [5.74, 6) is -0.933. The molecule has 0 aromatic heterocycles. The lowest BCUT2D eigenvalue weighted by molar-refractivity contribution is 0.0695. The molecule has 112 valence electrons. The highest BCUT2D eigenvalue weighted by Crippen LogP contribution is 2.44. The average Bonchev–Trinajstić information content (AvgIpc) is 3.03. The van der Waals surface area contributed by atoms with Crippen molar-refractivity contribution in [3.8, 4) is 0 Å². The van der Waals surface area contributed by atoms with E-state index < -0.39 is 5.97 Å². The van der Waals surface area contributed by atoms with Crippen LogP contribution in [0, 0.1) is 5.41 Å². The van der Waals surface area contributed by atoms with Crippen LogP contribution < -0.4 is 10.2 Å². The number of anilines is 1. The maximum atomic E-state index is 12.4. The van der Waals surface area contributed by atoms with Gasteiger partial charge >= 0.3 is 12.0 Å². The largest absolute Gasteiger partial charge is 0.478 e. The van der Waals surface area contributed by atoms with Gasteiger partial charge < -0.3 is 10.4 Å². The molecule has 1 aromatic rings. The molecule has 2 aliphatic rings. The highest BCUT2D eigenvalue weighted by molar-refractivity contribution is 5.97. The number of fused-ring (bicyclic) bond motifs is 1. The van der Waals surface area contributed by atoms with E-state index in [9.17, 15) is 14.7 Å². The minimum absolute atomic E-state index is 0.117. The summed E-state index contributed by atoms with van der Waals surface area (Å²) < 4.78 is 0. The second-order valence-electron chi connectivity index (χ2n) is 6.56. The third-order valence-corrected chi connectivity index (χ3v) is 4.54. The molecule has 21 heavy (non-hydrogen) atoms. The van der Waals surface area contributed by atoms with Gasteiger partial charge in [-0.2, -0.15) is 0 Å². The summed E-state index contributed by atoms with van der Waals surface area (Å²) in [5.41, 5.74) is 1.98. The van der Waals surface area contributed by atoms with Crippen molar-refractivity contribution in [2.24, 2.45) is 5.41 Å². The lowest BCUT2D eigenvalue weighted by Gasteiger charge is -2.30. The molecule has 3 rings (SSSR count). The molecule has 0 spiro atoms. The summed E-state index contributed by atoms with van der Waals surface area (Å²) in [6, 6.07) is 5.24. The van der Waals surface area contributed by atoms with Gasteiger partial charge in [-0.05, 0) is 42.4 Å². The van der Waals surface area contributed by atoms with Crippen LogP contribution in [-0.2, 0) is 6.42 Å². The molecule has 0 radical (unpaired) electrons. The van der Waals surface area contributed by atoms with Crippen LogP contribution in [0.25, 0.3) is 0 Å². The van der Waals surface area contributed by atoms with Gasteiger partial charge in [-0.15, -0.1) is 0 Å². The number of urea groups is 1. The lowest BCUT2D eigenvalue weighted by Crippen LogP contribution is -2.44. The Morgan fingerprint density at radius 2 is 2.10 bits per heavy atom. The Bertz CT molecular complexity index is 610. The molecule has 1 saturated carbocycles. The van der Waals surface area contributed by atoms with Crippen LogP contribution in [0.2, 0.25) is 0 Å². The number of rotatable bonds is 2. The van der Waals surface area contributed by atoms with Crippen molar-refractivity contribution < 1.29 is 14.7 Å². The molecular formula is C16H20N2O3. The fourth-order valence-electron chi connectivity index (χ4n) is 2.98. The maximum Gasteiger partial charge on any atom is 0.336 e. The van der Waals surface area contributed by atoms with Gasteiger partial charge in [-0.1, -0.05) is 19.9 Å². The number of hydrogen-bond donors (Lipinski definition) is 2. The summed E-state index contributed by atoms with van der Waals surface area (Å²) in [6.07, 6.45) is 2.49. The summed E-state index contributed by atoms with van der Waals surface area (Å²) in [6.45, 7) is 4.89. The smallest absolute Gasteiger partial charge is 0.336 e. The highest BCUT2D eigenvalue weighted by atomic mass is 16.4. The Labute approximate surface area is 123 Å². The van der Waals surface area contributed by atoms with Crippen molar-refractivity contribution in [2.45, 2.75) is 39.2 Å². The van der Waals surface area contributed by atoms with Gasteiger partial charge in [-0.3, -0.25) is 4.90 Å². The Hall–Kier alpha value is -2.04. The molecule has 2 N–H and O–H groups in total. The van der Waals surface area contributed by atoms with E-state index in [0.717, 1.165) is 24.1 Å². The van der Waals surface area contributed by atoms with E-state index in [4.69, 9.17) is 0 Å². The summed E-state index contributed by atoms with van der Waals surface area (Å²) in [7, 11) is 0. The molecule has 1 aromatic carbocycles. The number of aromatic carboxylic acids is 1. The number of hydrogen-bond acceptors (Lipinski definition) is 2. The number of carboxylic acid groups (broad SMARTS) is 1. The zero-order chi connectivity index (χ0) is 15.2. The number of nitrogens with zero attached hydrogens (tertiary/aromatic N) is 1. The normalized spacial score (nSPS) is 22.4. The summed E-state index contributed by atoms with van der Waals surface area (Å²) >= 11 is 0. The van der Waals surface area contributed by atoms with Crippen LogP contribution >= 0.6 is 0 Å². The van der Waals surface area contributed by atoms with Gasteiger partial charge in [0, 0.05) is 18.3 Å². The summed E-state index contributed by atoms with van der Waals surface area (Å²) in [5, 5.41) is 12.3. The molecule has 5 heteroatoms. The van der Waals surface area contributed by atoms with Crippen molar-refractivity contribution >= 4 is 17.7 Å². The Kier molecular flexibility index (Phi) is 3.15. The Balaban J connectivity index is 1.85. The van der Waals surface area contributed by atoms with Gasteiger partial charge in [0.2, 0.25) is 0 Å². The predicted molar refractivity (Wildman–Crippen MR) is 79.8 cm³/mol. The zero-order valence-electron chi connectivity index (χ0n) is 12.3. The molecule has 0 saturated heterocycles. The van der Waals surface area contributed by atoms with Crippen molar-refractivity contribution in [1.29, 1.82) is 0 Å².